The van der Waals surface area contributed by atoms with Crippen molar-refractivity contribution in [1.29, 1.82) is 0 Å². The molecule has 2 aromatic heterocycles. The summed E-state index contributed by atoms with van der Waals surface area (Å²) >= 11 is 0. The van der Waals surface area contributed by atoms with E-state index in [-0.39, 0.29) is 5.69 Å². The monoisotopic (exact) mass is 340 g/mol. The first kappa shape index (κ1) is 14.8. The smallest absolute Gasteiger partial charge is 0.366 e. The van der Waals surface area contributed by atoms with Gasteiger partial charge in [0.05, 0.1) is 16.6 Å². The molecule has 26 heavy (non-hydrogen) atoms. The molecule has 0 amide bonds. The van der Waals surface area contributed by atoms with Crippen LogP contribution >= 0.6 is 0 Å². The molecule has 4 heteroatoms. The van der Waals surface area contributed by atoms with Gasteiger partial charge in [-0.15, -0.1) is 4.73 Å². The van der Waals surface area contributed by atoms with E-state index >= 15 is 0 Å². The molecule has 0 aliphatic rings. The van der Waals surface area contributed by atoms with E-state index in [0.29, 0.717) is 0 Å². The largest absolute Gasteiger partial charge is 0.412 e. The standard InChI is InChI=1S/C22H16N2O2/c1-26-24-21-13-16(15-7-3-2-4-8-15)11-12-18(21)20-14-17-9-5-6-10-19(17)23(20)22(24)25/h2-14H,1H3. The number of para-hydroxylation sites is 1. The fourth-order valence-electron chi connectivity index (χ4n) is 3.66. The van der Waals surface area contributed by atoms with E-state index in [1.165, 1.54) is 11.8 Å². The van der Waals surface area contributed by atoms with Crippen LogP contribution in [-0.4, -0.2) is 16.2 Å². The molecule has 0 N–H and O–H groups in total. The second-order valence-electron chi connectivity index (χ2n) is 6.28. The fourth-order valence-corrected chi connectivity index (χ4v) is 3.66. The van der Waals surface area contributed by atoms with E-state index in [1.807, 2.05) is 48.5 Å². The minimum Gasteiger partial charge on any atom is -0.412 e. The van der Waals surface area contributed by atoms with Gasteiger partial charge in [0, 0.05) is 10.8 Å². The van der Waals surface area contributed by atoms with Crippen molar-refractivity contribution < 1.29 is 4.84 Å². The predicted molar refractivity (Wildman–Crippen MR) is 105 cm³/mol. The van der Waals surface area contributed by atoms with Crippen molar-refractivity contribution in [3.63, 3.8) is 0 Å². The topological polar surface area (TPSA) is 35.6 Å². The summed E-state index contributed by atoms with van der Waals surface area (Å²) in [4.78, 5) is 18.6. The summed E-state index contributed by atoms with van der Waals surface area (Å²) in [6, 6.07) is 26.2. The molecule has 5 aromatic rings. The quantitative estimate of drug-likeness (QED) is 0.484. The summed E-state index contributed by atoms with van der Waals surface area (Å²) in [6.07, 6.45) is 0. The highest BCUT2D eigenvalue weighted by Crippen LogP contribution is 2.28. The lowest BCUT2D eigenvalue weighted by atomic mass is 10.0. The summed E-state index contributed by atoms with van der Waals surface area (Å²) in [6.45, 7) is 0. The van der Waals surface area contributed by atoms with Crippen LogP contribution < -0.4 is 10.5 Å². The van der Waals surface area contributed by atoms with E-state index in [4.69, 9.17) is 4.84 Å². The molecule has 0 atom stereocenters. The summed E-state index contributed by atoms with van der Waals surface area (Å²) in [5.74, 6) is 0. The molecular weight excluding hydrogens is 324 g/mol. The molecule has 3 aromatic carbocycles. The molecule has 0 saturated carbocycles. The van der Waals surface area contributed by atoms with Gasteiger partial charge in [-0.05, 0) is 29.3 Å². The number of hydrogen-bond acceptors (Lipinski definition) is 2. The lowest BCUT2D eigenvalue weighted by molar-refractivity contribution is 0.164. The Kier molecular flexibility index (Phi) is 3.12. The third-order valence-corrected chi connectivity index (χ3v) is 4.86. The highest BCUT2D eigenvalue weighted by Gasteiger charge is 2.15. The molecule has 126 valence electrons. The van der Waals surface area contributed by atoms with Gasteiger partial charge in [0.15, 0.2) is 0 Å². The van der Waals surface area contributed by atoms with Gasteiger partial charge in [-0.25, -0.2) is 4.79 Å². The fraction of sp³-hybridized carbons (Fsp3) is 0.0455. The molecule has 0 bridgehead atoms. The minimum absolute atomic E-state index is 0.207. The first-order chi connectivity index (χ1) is 12.8. The van der Waals surface area contributed by atoms with Crippen molar-refractivity contribution >= 4 is 27.3 Å². The molecule has 0 aliphatic carbocycles. The Hall–Kier alpha value is -3.53. The van der Waals surface area contributed by atoms with Crippen molar-refractivity contribution in [2.45, 2.75) is 0 Å². The number of fused-ring (bicyclic) bond motifs is 5. The zero-order chi connectivity index (χ0) is 17.7. The van der Waals surface area contributed by atoms with Crippen molar-refractivity contribution in [1.82, 2.24) is 9.13 Å². The van der Waals surface area contributed by atoms with Crippen molar-refractivity contribution in [3.8, 4) is 11.1 Å². The van der Waals surface area contributed by atoms with Crippen molar-refractivity contribution in [2.75, 3.05) is 7.11 Å². The van der Waals surface area contributed by atoms with Crippen LogP contribution in [0.3, 0.4) is 0 Å². The van der Waals surface area contributed by atoms with E-state index in [1.54, 1.807) is 4.40 Å². The maximum absolute atomic E-state index is 13.1. The van der Waals surface area contributed by atoms with Gasteiger partial charge < -0.3 is 4.84 Å². The molecule has 0 unspecified atom stereocenters. The second-order valence-corrected chi connectivity index (χ2v) is 6.28. The summed E-state index contributed by atoms with van der Waals surface area (Å²) in [5.41, 5.74) is 4.47. The Balaban J connectivity index is 1.95. The summed E-state index contributed by atoms with van der Waals surface area (Å²) in [5, 5.41) is 2.01. The normalized spacial score (nSPS) is 11.4. The molecule has 0 fully saturated rings. The van der Waals surface area contributed by atoms with Crippen LogP contribution in [0, 0.1) is 0 Å². The minimum atomic E-state index is -0.207. The molecule has 0 spiro atoms. The Bertz CT molecular complexity index is 1330. The molecule has 2 heterocycles. The predicted octanol–water partition coefficient (Wildman–Crippen LogP) is 4.13. The molecule has 0 aliphatic heterocycles. The molecule has 5 rings (SSSR count). The third-order valence-electron chi connectivity index (χ3n) is 4.86. The Morgan fingerprint density at radius 3 is 2.31 bits per heavy atom. The first-order valence-electron chi connectivity index (χ1n) is 8.47. The number of nitrogens with zero attached hydrogens (tertiary/aromatic N) is 2. The van der Waals surface area contributed by atoms with Crippen LogP contribution in [0.1, 0.15) is 0 Å². The maximum Gasteiger partial charge on any atom is 0.366 e. The Morgan fingerprint density at radius 2 is 1.50 bits per heavy atom. The van der Waals surface area contributed by atoms with Gasteiger partial charge in [0.1, 0.15) is 7.11 Å². The maximum atomic E-state index is 13.1. The van der Waals surface area contributed by atoms with Crippen molar-refractivity contribution in [2.24, 2.45) is 0 Å². The molecular formula is C22H16N2O2. The number of rotatable bonds is 2. The van der Waals surface area contributed by atoms with Gasteiger partial charge in [-0.2, -0.15) is 0 Å². The Labute approximate surface area is 149 Å². The van der Waals surface area contributed by atoms with Gasteiger partial charge in [-0.1, -0.05) is 60.7 Å². The summed E-state index contributed by atoms with van der Waals surface area (Å²) < 4.78 is 3.07. The molecule has 0 radical (unpaired) electrons. The average molecular weight is 340 g/mol. The summed E-state index contributed by atoms with van der Waals surface area (Å²) in [7, 11) is 1.52. The third kappa shape index (κ3) is 1.99. The second kappa shape index (κ2) is 5.49. The lowest BCUT2D eigenvalue weighted by Crippen LogP contribution is -2.30. The van der Waals surface area contributed by atoms with E-state index in [9.17, 15) is 4.79 Å². The Morgan fingerprint density at radius 1 is 0.731 bits per heavy atom. The van der Waals surface area contributed by atoms with E-state index in [2.05, 4.69) is 30.3 Å². The molecule has 4 nitrogen and oxygen atoms in total. The van der Waals surface area contributed by atoms with Crippen LogP contribution in [0.25, 0.3) is 38.4 Å². The number of hydrogen-bond donors (Lipinski definition) is 0. The highest BCUT2D eigenvalue weighted by molar-refractivity contribution is 6.01. The number of benzene rings is 3. The van der Waals surface area contributed by atoms with E-state index in [0.717, 1.165) is 38.4 Å². The SMILES string of the molecule is COn1c(=O)n2c3ccccc3cc2c2ccc(-c3ccccc3)cc21. The van der Waals surface area contributed by atoms with Gasteiger partial charge in [0.2, 0.25) is 0 Å². The first-order valence-corrected chi connectivity index (χ1v) is 8.47. The van der Waals surface area contributed by atoms with Crippen LogP contribution in [0.15, 0.2) is 83.7 Å². The van der Waals surface area contributed by atoms with Gasteiger partial charge in [0.25, 0.3) is 0 Å². The lowest BCUT2D eigenvalue weighted by Gasteiger charge is -2.12. The zero-order valence-electron chi connectivity index (χ0n) is 14.2. The van der Waals surface area contributed by atoms with Crippen LogP contribution in [0.4, 0.5) is 0 Å². The van der Waals surface area contributed by atoms with Gasteiger partial charge in [-0.3, -0.25) is 4.40 Å². The van der Waals surface area contributed by atoms with E-state index < -0.39 is 0 Å². The van der Waals surface area contributed by atoms with Gasteiger partial charge >= 0.3 is 5.69 Å². The number of aromatic nitrogens is 2. The highest BCUT2D eigenvalue weighted by atomic mass is 16.7. The molecule has 0 saturated heterocycles. The zero-order valence-corrected chi connectivity index (χ0v) is 14.2. The average Bonchev–Trinajstić information content (AvgIpc) is 3.09. The van der Waals surface area contributed by atoms with Crippen LogP contribution in [0.2, 0.25) is 0 Å². The van der Waals surface area contributed by atoms with Crippen molar-refractivity contribution in [3.05, 3.63) is 89.3 Å². The van der Waals surface area contributed by atoms with Crippen LogP contribution in [0.5, 0.6) is 0 Å². The van der Waals surface area contributed by atoms with Crippen LogP contribution in [-0.2, 0) is 0 Å².